The van der Waals surface area contributed by atoms with Crippen LogP contribution >= 0.6 is 0 Å². The highest BCUT2D eigenvalue weighted by molar-refractivity contribution is 5.13. The molecule has 0 saturated carbocycles. The van der Waals surface area contributed by atoms with Gasteiger partial charge in [-0.3, -0.25) is 0 Å². The van der Waals surface area contributed by atoms with Crippen LogP contribution in [0.2, 0.25) is 0 Å². The summed E-state index contributed by atoms with van der Waals surface area (Å²) in [5, 5.41) is 8.63. The predicted molar refractivity (Wildman–Crippen MR) is 34.2 cm³/mol. The molecular weight excluding hydrogens is 102 g/mol. The molecule has 0 bridgehead atoms. The summed E-state index contributed by atoms with van der Waals surface area (Å²) in [6.45, 7) is 3.32. The van der Waals surface area contributed by atoms with Crippen LogP contribution < -0.4 is 5.73 Å². The van der Waals surface area contributed by atoms with Crippen molar-refractivity contribution in [1.29, 1.82) is 0 Å². The molecule has 2 nitrogen and oxygen atoms in total. The molecular formula is C6H9NO. The average molecular weight is 111 g/mol. The van der Waals surface area contributed by atoms with Crippen molar-refractivity contribution in [1.82, 2.24) is 0 Å². The van der Waals surface area contributed by atoms with Crippen molar-refractivity contribution < 1.29 is 5.11 Å². The number of nitrogens with two attached hydrogens (primary N) is 1. The maximum Gasteiger partial charge on any atom is 0.115 e. The van der Waals surface area contributed by atoms with E-state index in [2.05, 4.69) is 6.58 Å². The Labute approximate surface area is 48.6 Å². The van der Waals surface area contributed by atoms with E-state index >= 15 is 0 Å². The van der Waals surface area contributed by atoms with E-state index in [9.17, 15) is 0 Å². The van der Waals surface area contributed by atoms with E-state index in [1.54, 1.807) is 0 Å². The lowest BCUT2D eigenvalue weighted by molar-refractivity contribution is 0.433. The Balaban J connectivity index is 3.74. The van der Waals surface area contributed by atoms with Crippen LogP contribution in [0.25, 0.3) is 0 Å². The first-order valence-corrected chi connectivity index (χ1v) is 2.21. The number of hydrogen-bond donors (Lipinski definition) is 2. The van der Waals surface area contributed by atoms with Crippen LogP contribution in [0.4, 0.5) is 0 Å². The lowest BCUT2D eigenvalue weighted by Gasteiger charge is -1.81. The molecule has 0 rings (SSSR count). The highest BCUT2D eigenvalue weighted by Crippen LogP contribution is 1.86. The average Bonchev–Trinajstić information content (AvgIpc) is 1.83. The topological polar surface area (TPSA) is 46.2 Å². The summed E-state index contributed by atoms with van der Waals surface area (Å²) in [4.78, 5) is 0. The molecule has 0 atom stereocenters. The van der Waals surface area contributed by atoms with Crippen molar-refractivity contribution in [2.75, 3.05) is 0 Å². The predicted octanol–water partition coefficient (Wildman–Crippen LogP) is 1.09. The van der Waals surface area contributed by atoms with Gasteiger partial charge >= 0.3 is 0 Å². The van der Waals surface area contributed by atoms with Crippen molar-refractivity contribution in [3.63, 3.8) is 0 Å². The quantitative estimate of drug-likeness (QED) is 0.414. The zero-order chi connectivity index (χ0) is 6.41. The number of aliphatic hydroxyl groups excluding tert-OH is 1. The van der Waals surface area contributed by atoms with Crippen molar-refractivity contribution >= 4 is 0 Å². The second-order valence-electron chi connectivity index (χ2n) is 1.18. The van der Waals surface area contributed by atoms with Gasteiger partial charge in [-0.25, -0.2) is 0 Å². The van der Waals surface area contributed by atoms with E-state index in [0.717, 1.165) is 0 Å². The van der Waals surface area contributed by atoms with Crippen molar-refractivity contribution in [3.8, 4) is 0 Å². The molecule has 44 valence electrons. The fraction of sp³-hybridized carbons (Fsp3) is 0. The summed E-state index contributed by atoms with van der Waals surface area (Å²) in [6.07, 6.45) is 5.64. The van der Waals surface area contributed by atoms with Crippen LogP contribution in [0.3, 0.4) is 0 Å². The van der Waals surface area contributed by atoms with Crippen LogP contribution in [0.1, 0.15) is 0 Å². The number of aliphatic hydroxyl groups is 1. The normalized spacial score (nSPS) is 12.2. The van der Waals surface area contributed by atoms with Crippen molar-refractivity contribution in [2.24, 2.45) is 5.73 Å². The van der Waals surface area contributed by atoms with Gasteiger partial charge in [0.05, 0.1) is 0 Å². The maximum absolute atomic E-state index is 8.63. The molecule has 0 aliphatic carbocycles. The molecule has 0 aromatic carbocycles. The number of rotatable bonds is 2. The molecule has 0 radical (unpaired) electrons. The molecule has 0 unspecified atom stereocenters. The minimum atomic E-state index is 0.117. The summed E-state index contributed by atoms with van der Waals surface area (Å²) in [5.74, 6) is 0.117. The fourth-order valence-corrected chi connectivity index (χ4v) is 0.222. The van der Waals surface area contributed by atoms with Gasteiger partial charge < -0.3 is 10.8 Å². The molecule has 2 heteroatoms. The van der Waals surface area contributed by atoms with Gasteiger partial charge in [0, 0.05) is 0 Å². The zero-order valence-corrected chi connectivity index (χ0v) is 4.54. The van der Waals surface area contributed by atoms with Gasteiger partial charge in [0.15, 0.2) is 0 Å². The van der Waals surface area contributed by atoms with E-state index < -0.39 is 0 Å². The molecule has 3 N–H and O–H groups in total. The third-order valence-electron chi connectivity index (χ3n) is 0.587. The van der Waals surface area contributed by atoms with E-state index in [1.807, 2.05) is 0 Å². The summed E-state index contributed by atoms with van der Waals surface area (Å²) in [5.41, 5.74) is 4.96. The van der Waals surface area contributed by atoms with Crippen LogP contribution in [0.15, 0.2) is 36.8 Å². The molecule has 0 spiro atoms. The molecule has 0 aromatic rings. The molecule has 0 saturated heterocycles. The molecule has 8 heavy (non-hydrogen) atoms. The standard InChI is InChI=1S/C6H9NO/c1-2-6(8)4-3-5-7/h2-5,8H,1,7H2/b5-3+,6-4+. The molecule has 0 aliphatic heterocycles. The van der Waals surface area contributed by atoms with E-state index in [-0.39, 0.29) is 5.76 Å². The van der Waals surface area contributed by atoms with Gasteiger partial charge in [-0.05, 0) is 24.4 Å². The first-order valence-electron chi connectivity index (χ1n) is 2.21. The Morgan fingerprint density at radius 3 is 2.62 bits per heavy atom. The minimum absolute atomic E-state index is 0.117. The molecule has 0 aliphatic rings. The largest absolute Gasteiger partial charge is 0.508 e. The lowest BCUT2D eigenvalue weighted by Crippen LogP contribution is -1.74. The lowest BCUT2D eigenvalue weighted by atomic mass is 10.4. The summed E-state index contributed by atoms with van der Waals surface area (Å²) in [7, 11) is 0. The summed E-state index contributed by atoms with van der Waals surface area (Å²) in [6, 6.07) is 0. The summed E-state index contributed by atoms with van der Waals surface area (Å²) >= 11 is 0. The monoisotopic (exact) mass is 111 g/mol. The SMILES string of the molecule is C=C/C(O)=C\C=C\N. The van der Waals surface area contributed by atoms with Crippen LogP contribution in [0.5, 0.6) is 0 Å². The Kier molecular flexibility index (Phi) is 3.40. The van der Waals surface area contributed by atoms with Crippen LogP contribution in [-0.2, 0) is 0 Å². The van der Waals surface area contributed by atoms with Gasteiger partial charge in [0.25, 0.3) is 0 Å². The Morgan fingerprint density at radius 2 is 2.25 bits per heavy atom. The molecule has 0 aromatic heterocycles. The Bertz CT molecular complexity index is 124. The minimum Gasteiger partial charge on any atom is -0.508 e. The number of hydrogen-bond acceptors (Lipinski definition) is 2. The smallest absolute Gasteiger partial charge is 0.115 e. The van der Waals surface area contributed by atoms with Gasteiger partial charge in [0.2, 0.25) is 0 Å². The maximum atomic E-state index is 8.63. The van der Waals surface area contributed by atoms with Gasteiger partial charge in [-0.2, -0.15) is 0 Å². The van der Waals surface area contributed by atoms with Gasteiger partial charge in [-0.1, -0.05) is 6.58 Å². The van der Waals surface area contributed by atoms with E-state index in [4.69, 9.17) is 10.8 Å². The van der Waals surface area contributed by atoms with Gasteiger partial charge in [-0.15, -0.1) is 0 Å². The first kappa shape index (κ1) is 6.82. The third kappa shape index (κ3) is 3.03. The highest BCUT2D eigenvalue weighted by atomic mass is 16.3. The van der Waals surface area contributed by atoms with Crippen molar-refractivity contribution in [2.45, 2.75) is 0 Å². The van der Waals surface area contributed by atoms with Gasteiger partial charge in [0.1, 0.15) is 5.76 Å². The highest BCUT2D eigenvalue weighted by Gasteiger charge is 1.73. The Hall–Kier alpha value is -1.18. The summed E-state index contributed by atoms with van der Waals surface area (Å²) < 4.78 is 0. The second kappa shape index (κ2) is 3.99. The third-order valence-corrected chi connectivity index (χ3v) is 0.587. The molecule has 0 amide bonds. The number of allylic oxidation sites excluding steroid dienone is 3. The van der Waals surface area contributed by atoms with E-state index in [1.165, 1.54) is 24.4 Å². The second-order valence-corrected chi connectivity index (χ2v) is 1.18. The van der Waals surface area contributed by atoms with Crippen LogP contribution in [-0.4, -0.2) is 5.11 Å². The van der Waals surface area contributed by atoms with Crippen molar-refractivity contribution in [3.05, 3.63) is 36.8 Å². The first-order chi connectivity index (χ1) is 3.81. The molecule has 0 fully saturated rings. The van der Waals surface area contributed by atoms with Crippen LogP contribution in [0, 0.1) is 0 Å². The Morgan fingerprint density at radius 1 is 1.62 bits per heavy atom. The zero-order valence-electron chi connectivity index (χ0n) is 4.54. The fourth-order valence-electron chi connectivity index (χ4n) is 0.222. The molecule has 0 heterocycles. The van der Waals surface area contributed by atoms with E-state index in [0.29, 0.717) is 0 Å².